The highest BCUT2D eigenvalue weighted by Crippen LogP contribution is 2.42. The summed E-state index contributed by atoms with van der Waals surface area (Å²) in [4.78, 5) is 31.4. The zero-order valence-corrected chi connectivity index (χ0v) is 25.9. The van der Waals surface area contributed by atoms with E-state index in [0.29, 0.717) is 60.2 Å². The highest BCUT2D eigenvalue weighted by atomic mass is 19.4. The van der Waals surface area contributed by atoms with E-state index in [1.54, 1.807) is 13.0 Å². The van der Waals surface area contributed by atoms with Crippen LogP contribution in [0.2, 0.25) is 0 Å². The largest absolute Gasteiger partial charge is 0.466 e. The van der Waals surface area contributed by atoms with Crippen molar-refractivity contribution in [3.8, 4) is 11.1 Å². The molecular weight excluding hydrogens is 617 g/mol. The number of anilines is 1. The quantitative estimate of drug-likeness (QED) is 0.152. The summed E-state index contributed by atoms with van der Waals surface area (Å²) in [6.45, 7) is 4.20. The Morgan fingerprint density at radius 2 is 1.46 bits per heavy atom. The molecule has 46 heavy (non-hydrogen) atoms. The Labute approximate surface area is 262 Å². The van der Waals surface area contributed by atoms with Crippen molar-refractivity contribution in [1.82, 2.24) is 4.98 Å². The van der Waals surface area contributed by atoms with E-state index in [9.17, 15) is 40.3 Å². The number of halogens is 7. The average molecular weight is 651 g/mol. The molecule has 0 unspecified atom stereocenters. The molecule has 0 radical (unpaired) electrons. The third-order valence-corrected chi connectivity index (χ3v) is 8.46. The van der Waals surface area contributed by atoms with Gasteiger partial charge < -0.3 is 9.64 Å². The van der Waals surface area contributed by atoms with Gasteiger partial charge in [-0.3, -0.25) is 9.78 Å². The number of esters is 1. The second kappa shape index (κ2) is 12.9. The predicted molar refractivity (Wildman–Crippen MR) is 159 cm³/mol. The fraction of sp³-hybridized carbons (Fsp3) is 0.382. The van der Waals surface area contributed by atoms with Crippen LogP contribution in [0.15, 0.2) is 60.3 Å². The van der Waals surface area contributed by atoms with Crippen LogP contribution in [0.4, 0.5) is 36.4 Å². The summed E-state index contributed by atoms with van der Waals surface area (Å²) in [7, 11) is 2.67. The number of ether oxygens (including phenoxy) is 1. The van der Waals surface area contributed by atoms with Gasteiger partial charge in [0.15, 0.2) is 0 Å². The number of aryl methyl sites for hydroxylation is 1. The van der Waals surface area contributed by atoms with Crippen LogP contribution in [0.25, 0.3) is 11.1 Å². The summed E-state index contributed by atoms with van der Waals surface area (Å²) >= 11 is 0. The Morgan fingerprint density at radius 1 is 0.891 bits per heavy atom. The average Bonchev–Trinajstić information content (AvgIpc) is 2.99. The van der Waals surface area contributed by atoms with Gasteiger partial charge in [0.25, 0.3) is 0 Å². The summed E-state index contributed by atoms with van der Waals surface area (Å²) < 4.78 is 101. The number of carbonyl (C=O) groups is 2. The van der Waals surface area contributed by atoms with E-state index in [2.05, 4.69) is 4.98 Å². The fourth-order valence-corrected chi connectivity index (χ4v) is 5.72. The van der Waals surface area contributed by atoms with Crippen molar-refractivity contribution in [1.29, 1.82) is 0 Å². The zero-order valence-electron chi connectivity index (χ0n) is 25.9. The van der Waals surface area contributed by atoms with Crippen LogP contribution < -0.4 is 4.90 Å². The van der Waals surface area contributed by atoms with Crippen LogP contribution in [0.1, 0.15) is 73.4 Å². The van der Waals surface area contributed by atoms with Crippen LogP contribution in [-0.2, 0) is 32.1 Å². The molecule has 1 fully saturated rings. The summed E-state index contributed by atoms with van der Waals surface area (Å²) in [5.74, 6) is -1.71. The van der Waals surface area contributed by atoms with Gasteiger partial charge in [-0.05, 0) is 99.5 Å². The number of methoxy groups -OCH3 is 1. The zero-order chi connectivity index (χ0) is 34.2. The van der Waals surface area contributed by atoms with Crippen molar-refractivity contribution in [2.75, 3.05) is 19.1 Å². The molecule has 0 aliphatic heterocycles. The number of alkyl halides is 6. The smallest absolute Gasteiger partial charge is 0.416 e. The van der Waals surface area contributed by atoms with Crippen molar-refractivity contribution in [2.24, 2.45) is 0 Å². The maximum Gasteiger partial charge on any atom is 0.416 e. The number of aromatic nitrogens is 1. The standard InChI is InChI=1S/C34H33F7N2O3/c1-19-12-25(35)10-11-26(19)27-17-28(21-8-6-20(7-9-21)13-30(44)46-5)42-18-29(27)43(4)31(45)32(2,3)22-14-23(33(36,37)38)16-24(15-22)34(39,40)41/h10-18,21H,6-9H2,1-5H3. The Hall–Kier alpha value is -4.22. The first-order chi connectivity index (χ1) is 21.3. The molecule has 246 valence electrons. The molecule has 1 aliphatic rings. The maximum absolute atomic E-state index is 14.1. The third-order valence-electron chi connectivity index (χ3n) is 8.46. The number of nitrogens with zero attached hydrogens (tertiary/aromatic N) is 2. The van der Waals surface area contributed by atoms with Crippen LogP contribution in [-0.4, -0.2) is 31.0 Å². The highest BCUT2D eigenvalue weighted by molar-refractivity contribution is 6.03. The van der Waals surface area contributed by atoms with Gasteiger partial charge in [-0.1, -0.05) is 11.6 Å². The van der Waals surface area contributed by atoms with Gasteiger partial charge in [-0.15, -0.1) is 0 Å². The fourth-order valence-electron chi connectivity index (χ4n) is 5.72. The van der Waals surface area contributed by atoms with E-state index < -0.39 is 52.2 Å². The molecular formula is C34H33F7N2O3. The van der Waals surface area contributed by atoms with E-state index in [4.69, 9.17) is 4.74 Å². The number of allylic oxidation sites excluding steroid dienone is 1. The molecule has 0 spiro atoms. The number of rotatable bonds is 6. The molecule has 0 atom stereocenters. The Morgan fingerprint density at radius 3 is 1.98 bits per heavy atom. The van der Waals surface area contributed by atoms with Crippen LogP contribution in [0.5, 0.6) is 0 Å². The first-order valence-corrected chi connectivity index (χ1v) is 14.4. The lowest BCUT2D eigenvalue weighted by atomic mass is 9.81. The molecule has 1 aliphatic carbocycles. The van der Waals surface area contributed by atoms with Crippen molar-refractivity contribution in [3.63, 3.8) is 0 Å². The molecule has 5 nitrogen and oxygen atoms in total. The lowest BCUT2D eigenvalue weighted by molar-refractivity contribution is -0.143. The van der Waals surface area contributed by atoms with E-state index in [1.807, 2.05) is 0 Å². The third kappa shape index (κ3) is 7.42. The second-order valence-electron chi connectivity index (χ2n) is 12.0. The normalized spacial score (nSPS) is 15.8. The molecule has 4 rings (SSSR count). The lowest BCUT2D eigenvalue weighted by Gasteiger charge is -2.32. The summed E-state index contributed by atoms with van der Waals surface area (Å²) in [6, 6.07) is 7.01. The SMILES string of the molecule is COC(=O)C=C1CCC(c2cc(-c3ccc(F)cc3C)c(N(C)C(=O)C(C)(C)c3cc(C(F)(F)F)cc(C(F)(F)F)c3)cn2)CC1. The molecule has 0 saturated heterocycles. The van der Waals surface area contributed by atoms with Gasteiger partial charge in [-0.2, -0.15) is 26.3 Å². The van der Waals surface area contributed by atoms with E-state index in [-0.39, 0.29) is 17.7 Å². The molecule has 12 heteroatoms. The van der Waals surface area contributed by atoms with E-state index in [0.717, 1.165) is 10.5 Å². The molecule has 2 aromatic carbocycles. The monoisotopic (exact) mass is 650 g/mol. The number of carbonyl (C=O) groups excluding carboxylic acids is 2. The second-order valence-corrected chi connectivity index (χ2v) is 12.0. The van der Waals surface area contributed by atoms with Gasteiger partial charge in [0.2, 0.25) is 5.91 Å². The lowest BCUT2D eigenvalue weighted by Crippen LogP contribution is -2.42. The number of pyridine rings is 1. The maximum atomic E-state index is 14.1. The topological polar surface area (TPSA) is 59.5 Å². The molecule has 1 aromatic heterocycles. The first-order valence-electron chi connectivity index (χ1n) is 14.4. The molecule has 1 saturated carbocycles. The highest BCUT2D eigenvalue weighted by Gasteiger charge is 2.41. The van der Waals surface area contributed by atoms with Gasteiger partial charge in [-0.25, -0.2) is 9.18 Å². The first kappa shape index (κ1) is 34.6. The van der Waals surface area contributed by atoms with Crippen molar-refractivity contribution < 1.29 is 45.1 Å². The minimum absolute atomic E-state index is 0.00769. The van der Waals surface area contributed by atoms with Crippen molar-refractivity contribution >= 4 is 17.6 Å². The van der Waals surface area contributed by atoms with E-state index in [1.165, 1.54) is 58.5 Å². The van der Waals surface area contributed by atoms with Gasteiger partial charge in [0, 0.05) is 30.3 Å². The number of likely N-dealkylation sites (N-methyl/N-ethyl adjacent to an activating group) is 1. The Kier molecular flexibility index (Phi) is 9.70. The van der Waals surface area contributed by atoms with Gasteiger partial charge in [0.05, 0.1) is 35.5 Å². The van der Waals surface area contributed by atoms with Crippen molar-refractivity contribution in [3.05, 3.63) is 94.1 Å². The molecule has 0 bridgehead atoms. The number of benzene rings is 2. The molecule has 1 amide bonds. The minimum atomic E-state index is -5.08. The van der Waals surface area contributed by atoms with E-state index >= 15 is 0 Å². The van der Waals surface area contributed by atoms with Gasteiger partial charge >= 0.3 is 18.3 Å². The van der Waals surface area contributed by atoms with Crippen molar-refractivity contribution in [2.45, 2.75) is 70.1 Å². The van der Waals surface area contributed by atoms with Crippen LogP contribution in [0, 0.1) is 12.7 Å². The molecule has 0 N–H and O–H groups in total. The Balaban J connectivity index is 1.77. The number of hydrogen-bond acceptors (Lipinski definition) is 4. The molecule has 3 aromatic rings. The van der Waals surface area contributed by atoms with Crippen LogP contribution in [0.3, 0.4) is 0 Å². The summed E-state index contributed by atoms with van der Waals surface area (Å²) in [6.07, 6.45) is -4.62. The summed E-state index contributed by atoms with van der Waals surface area (Å²) in [5.41, 5.74) is -1.87. The van der Waals surface area contributed by atoms with Crippen LogP contribution >= 0.6 is 0 Å². The van der Waals surface area contributed by atoms with Gasteiger partial charge in [0.1, 0.15) is 5.82 Å². The summed E-state index contributed by atoms with van der Waals surface area (Å²) in [5, 5.41) is 0. The Bertz CT molecular complexity index is 1630. The minimum Gasteiger partial charge on any atom is -0.466 e. The number of hydrogen-bond donors (Lipinski definition) is 0. The number of amides is 1. The predicted octanol–water partition coefficient (Wildman–Crippen LogP) is 8.93. The molecule has 1 heterocycles.